The molecule has 1 aliphatic heterocycles. The van der Waals surface area contributed by atoms with Gasteiger partial charge in [0, 0.05) is 31.8 Å². The van der Waals surface area contributed by atoms with Crippen LogP contribution in [0.4, 0.5) is 0 Å². The molecule has 0 saturated carbocycles. The van der Waals surface area contributed by atoms with Crippen molar-refractivity contribution in [2.45, 2.75) is 20.0 Å². The van der Waals surface area contributed by atoms with Crippen molar-refractivity contribution < 1.29 is 29.0 Å². The lowest BCUT2D eigenvalue weighted by Crippen LogP contribution is -2.55. The van der Waals surface area contributed by atoms with Crippen LogP contribution >= 0.6 is 0 Å². The normalized spacial score (nSPS) is 16.5. The zero-order valence-electron chi connectivity index (χ0n) is 13.6. The Labute approximate surface area is 135 Å². The summed E-state index contributed by atoms with van der Waals surface area (Å²) in [5.74, 6) is -1.64. The predicted octanol–water partition coefficient (Wildman–Crippen LogP) is -0.826. The zero-order chi connectivity index (χ0) is 17.4. The van der Waals surface area contributed by atoms with E-state index in [4.69, 9.17) is 9.47 Å². The van der Waals surface area contributed by atoms with Crippen molar-refractivity contribution in [3.63, 3.8) is 0 Å². The lowest BCUT2D eigenvalue weighted by atomic mass is 10.2. The minimum Gasteiger partial charge on any atom is -0.460 e. The first-order chi connectivity index (χ1) is 10.9. The lowest BCUT2D eigenvalue weighted by molar-refractivity contribution is -0.157. The molecule has 2 amide bonds. The number of likely N-dealkylation sites (N-methyl/N-ethyl adjacent to an activating group) is 1. The van der Waals surface area contributed by atoms with E-state index in [1.807, 2.05) is 6.92 Å². The van der Waals surface area contributed by atoms with Gasteiger partial charge in [0.25, 0.3) is 0 Å². The topological polar surface area (TPSA) is 96.4 Å². The highest BCUT2D eigenvalue weighted by molar-refractivity contribution is 6.35. The number of carbonyl (C=O) groups excluding carboxylic acids is 3. The maximum atomic E-state index is 11.9. The monoisotopic (exact) mass is 328 g/mol. The fourth-order valence-corrected chi connectivity index (χ4v) is 2.03. The van der Waals surface area contributed by atoms with E-state index in [-0.39, 0.29) is 26.4 Å². The number of amides is 2. The minimum atomic E-state index is -0.906. The van der Waals surface area contributed by atoms with Crippen molar-refractivity contribution in [3.8, 4) is 0 Å². The summed E-state index contributed by atoms with van der Waals surface area (Å²) in [6, 6.07) is 0. The van der Waals surface area contributed by atoms with Crippen molar-refractivity contribution >= 4 is 17.8 Å². The molecular weight excluding hydrogens is 304 g/mol. The zero-order valence-corrected chi connectivity index (χ0v) is 13.6. The molecule has 1 unspecified atom stereocenters. The van der Waals surface area contributed by atoms with Crippen LogP contribution in [0, 0.1) is 0 Å². The molecule has 1 atom stereocenters. The number of rotatable bonds is 9. The summed E-state index contributed by atoms with van der Waals surface area (Å²) in [5.41, 5.74) is 0.305. The summed E-state index contributed by atoms with van der Waals surface area (Å²) in [6.45, 7) is 8.37. The Balaban J connectivity index is 2.23. The number of esters is 1. The molecule has 0 radical (unpaired) electrons. The smallest absolute Gasteiger partial charge is 0.333 e. The summed E-state index contributed by atoms with van der Waals surface area (Å²) in [5, 5.41) is 9.86. The van der Waals surface area contributed by atoms with E-state index in [1.165, 1.54) is 9.80 Å². The molecule has 8 nitrogen and oxygen atoms in total. The first-order valence-corrected chi connectivity index (χ1v) is 7.53. The fraction of sp³-hybridized carbons (Fsp3) is 0.667. The van der Waals surface area contributed by atoms with Gasteiger partial charge in [-0.1, -0.05) is 6.58 Å². The molecule has 0 aromatic heterocycles. The van der Waals surface area contributed by atoms with Gasteiger partial charge in [0.15, 0.2) is 0 Å². The molecule has 1 fully saturated rings. The van der Waals surface area contributed by atoms with Crippen LogP contribution in [0.5, 0.6) is 0 Å². The van der Waals surface area contributed by atoms with Gasteiger partial charge in [-0.2, -0.15) is 0 Å². The summed E-state index contributed by atoms with van der Waals surface area (Å²) in [6.07, 6.45) is -0.906. The van der Waals surface area contributed by atoms with Crippen LogP contribution in [0.3, 0.4) is 0 Å². The highest BCUT2D eigenvalue weighted by Gasteiger charge is 2.32. The van der Waals surface area contributed by atoms with Gasteiger partial charge in [0.05, 0.1) is 19.3 Å². The Kier molecular flexibility index (Phi) is 7.70. The number of nitrogens with zero attached hydrogens (tertiary/aromatic N) is 2. The fourth-order valence-electron chi connectivity index (χ4n) is 2.03. The Morgan fingerprint density at radius 1 is 1.26 bits per heavy atom. The Hall–Kier alpha value is -1.93. The van der Waals surface area contributed by atoms with E-state index < -0.39 is 23.9 Å². The molecule has 0 bridgehead atoms. The second kappa shape index (κ2) is 9.26. The first kappa shape index (κ1) is 19.1. The number of aliphatic hydroxyl groups is 1. The molecule has 1 heterocycles. The van der Waals surface area contributed by atoms with Gasteiger partial charge in [0.2, 0.25) is 0 Å². The molecule has 0 aliphatic carbocycles. The molecule has 0 aromatic rings. The minimum absolute atomic E-state index is 0.0138. The second-order valence-corrected chi connectivity index (χ2v) is 5.28. The summed E-state index contributed by atoms with van der Waals surface area (Å²) >= 11 is 0. The third-order valence-electron chi connectivity index (χ3n) is 3.33. The molecule has 1 aliphatic rings. The predicted molar refractivity (Wildman–Crippen MR) is 81.4 cm³/mol. The van der Waals surface area contributed by atoms with Crippen molar-refractivity contribution in [3.05, 3.63) is 12.2 Å². The number of hydrogen-bond acceptors (Lipinski definition) is 6. The average Bonchev–Trinajstić information content (AvgIpc) is 2.51. The van der Waals surface area contributed by atoms with Gasteiger partial charge in [-0.15, -0.1) is 0 Å². The summed E-state index contributed by atoms with van der Waals surface area (Å²) < 4.78 is 10.0. The molecule has 0 spiro atoms. The molecule has 8 heteroatoms. The van der Waals surface area contributed by atoms with Gasteiger partial charge >= 0.3 is 17.8 Å². The van der Waals surface area contributed by atoms with E-state index >= 15 is 0 Å². The van der Waals surface area contributed by atoms with E-state index in [1.54, 1.807) is 6.92 Å². The highest BCUT2D eigenvalue weighted by atomic mass is 16.6. The third kappa shape index (κ3) is 5.99. The molecule has 130 valence electrons. The Morgan fingerprint density at radius 3 is 2.48 bits per heavy atom. The molecule has 0 aromatic carbocycles. The van der Waals surface area contributed by atoms with Crippen LogP contribution in [0.15, 0.2) is 12.2 Å². The van der Waals surface area contributed by atoms with Crippen LogP contribution in [0.1, 0.15) is 13.8 Å². The average molecular weight is 328 g/mol. The van der Waals surface area contributed by atoms with Gasteiger partial charge < -0.3 is 24.4 Å². The number of ether oxygens (including phenoxy) is 2. The molecule has 1 N–H and O–H groups in total. The van der Waals surface area contributed by atoms with Gasteiger partial charge in [-0.25, -0.2) is 4.79 Å². The van der Waals surface area contributed by atoms with Crippen molar-refractivity contribution in [1.29, 1.82) is 0 Å². The standard InChI is InChI=1S/C15H24N2O6/c1-4-16-5-6-17(14(20)13(16)19)9-12(18)10-22-7-8-23-15(21)11(2)3/h12,18H,2,4-10H2,1,3H3. The number of aliphatic hydroxyl groups excluding tert-OH is 1. The van der Waals surface area contributed by atoms with Crippen LogP contribution in [-0.4, -0.2) is 84.8 Å². The summed E-state index contributed by atoms with van der Waals surface area (Å²) in [4.78, 5) is 37.5. The quantitative estimate of drug-likeness (QED) is 0.257. The lowest BCUT2D eigenvalue weighted by Gasteiger charge is -2.34. The van der Waals surface area contributed by atoms with E-state index in [0.717, 1.165) is 0 Å². The van der Waals surface area contributed by atoms with Crippen molar-refractivity contribution in [1.82, 2.24) is 9.80 Å². The highest BCUT2D eigenvalue weighted by Crippen LogP contribution is 2.06. The maximum Gasteiger partial charge on any atom is 0.333 e. The maximum absolute atomic E-state index is 11.9. The van der Waals surface area contributed by atoms with E-state index in [9.17, 15) is 19.5 Å². The Bertz CT molecular complexity index is 465. The number of piperazine rings is 1. The Morgan fingerprint density at radius 2 is 1.87 bits per heavy atom. The van der Waals surface area contributed by atoms with Crippen LogP contribution in [0.25, 0.3) is 0 Å². The first-order valence-electron chi connectivity index (χ1n) is 7.53. The number of carbonyl (C=O) groups is 3. The molecule has 23 heavy (non-hydrogen) atoms. The van der Waals surface area contributed by atoms with Gasteiger partial charge in [0.1, 0.15) is 6.61 Å². The van der Waals surface area contributed by atoms with E-state index in [2.05, 4.69) is 6.58 Å². The third-order valence-corrected chi connectivity index (χ3v) is 3.33. The molecule has 1 rings (SSSR count). The number of β-amino-alcohol motifs (C(OH)–C–C–N with tert-alkyl or cyclic N) is 1. The second-order valence-electron chi connectivity index (χ2n) is 5.28. The van der Waals surface area contributed by atoms with Crippen LogP contribution in [-0.2, 0) is 23.9 Å². The van der Waals surface area contributed by atoms with E-state index in [0.29, 0.717) is 25.2 Å². The largest absolute Gasteiger partial charge is 0.460 e. The van der Waals surface area contributed by atoms with Crippen molar-refractivity contribution in [2.75, 3.05) is 46.0 Å². The summed E-state index contributed by atoms with van der Waals surface area (Å²) in [7, 11) is 0. The van der Waals surface area contributed by atoms with Crippen molar-refractivity contribution in [2.24, 2.45) is 0 Å². The van der Waals surface area contributed by atoms with Crippen LogP contribution < -0.4 is 0 Å². The molecule has 1 saturated heterocycles. The molecular formula is C15H24N2O6. The van der Waals surface area contributed by atoms with Gasteiger partial charge in [-0.3, -0.25) is 9.59 Å². The van der Waals surface area contributed by atoms with Gasteiger partial charge in [-0.05, 0) is 13.8 Å². The number of hydrogen-bond donors (Lipinski definition) is 1. The SMILES string of the molecule is C=C(C)C(=O)OCCOCC(O)CN1CCN(CC)C(=O)C1=O. The van der Waals surface area contributed by atoms with Crippen LogP contribution in [0.2, 0.25) is 0 Å².